The fourth-order valence-electron chi connectivity index (χ4n) is 2.50. The number of aromatic nitrogens is 1. The van der Waals surface area contributed by atoms with Gasteiger partial charge in [0.05, 0.1) is 5.56 Å². The maximum Gasteiger partial charge on any atom is 0.252 e. The zero-order valence-electron chi connectivity index (χ0n) is 12.3. The van der Waals surface area contributed by atoms with E-state index in [2.05, 4.69) is 26.2 Å². The number of halogens is 1. The Morgan fingerprint density at radius 3 is 2.65 bits per heavy atom. The van der Waals surface area contributed by atoms with Gasteiger partial charge in [-0.05, 0) is 24.1 Å². The summed E-state index contributed by atoms with van der Waals surface area (Å²) < 4.78 is 1.02. The van der Waals surface area contributed by atoms with Gasteiger partial charge in [-0.1, -0.05) is 52.3 Å². The van der Waals surface area contributed by atoms with Crippen molar-refractivity contribution < 1.29 is 4.79 Å². The number of hydrogen-bond acceptors (Lipinski definition) is 2. The number of carbonyl (C=O) groups excluding carboxylic acids is 1. The molecular formula is C18H15BrN2O2. The number of benzene rings is 2. The molecule has 23 heavy (non-hydrogen) atoms. The average Bonchev–Trinajstić information content (AvgIpc) is 2.55. The van der Waals surface area contributed by atoms with E-state index in [-0.39, 0.29) is 11.5 Å². The third kappa shape index (κ3) is 3.51. The van der Waals surface area contributed by atoms with Crippen LogP contribution in [0.25, 0.3) is 10.9 Å². The Morgan fingerprint density at radius 1 is 1.09 bits per heavy atom. The molecule has 0 radical (unpaired) electrons. The van der Waals surface area contributed by atoms with Crippen molar-refractivity contribution in [3.63, 3.8) is 0 Å². The number of aromatic amines is 1. The monoisotopic (exact) mass is 370 g/mol. The van der Waals surface area contributed by atoms with Crippen LogP contribution in [0.3, 0.4) is 0 Å². The molecule has 4 nitrogen and oxygen atoms in total. The molecule has 0 saturated carbocycles. The minimum Gasteiger partial charge on any atom is -0.352 e. The predicted molar refractivity (Wildman–Crippen MR) is 94.7 cm³/mol. The van der Waals surface area contributed by atoms with Gasteiger partial charge in [0.2, 0.25) is 5.56 Å². The number of carbonyl (C=O) groups is 1. The molecule has 5 heteroatoms. The lowest BCUT2D eigenvalue weighted by atomic mass is 10.1. The lowest BCUT2D eigenvalue weighted by Gasteiger charge is -2.08. The summed E-state index contributed by atoms with van der Waals surface area (Å²) in [5.74, 6) is -0.237. The Bertz CT molecular complexity index is 918. The highest BCUT2D eigenvalue weighted by Gasteiger charge is 2.11. The van der Waals surface area contributed by atoms with Crippen molar-refractivity contribution in [2.45, 2.75) is 6.42 Å². The van der Waals surface area contributed by atoms with E-state index in [1.54, 1.807) is 6.07 Å². The molecule has 1 heterocycles. The number of para-hydroxylation sites is 1. The van der Waals surface area contributed by atoms with Crippen molar-refractivity contribution in [2.24, 2.45) is 0 Å². The fourth-order valence-corrected chi connectivity index (χ4v) is 2.98. The van der Waals surface area contributed by atoms with Crippen molar-refractivity contribution in [1.29, 1.82) is 0 Å². The molecule has 3 rings (SSSR count). The summed E-state index contributed by atoms with van der Waals surface area (Å²) >= 11 is 3.49. The summed E-state index contributed by atoms with van der Waals surface area (Å²) in [7, 11) is 0. The van der Waals surface area contributed by atoms with Gasteiger partial charge in [-0.25, -0.2) is 0 Å². The summed E-state index contributed by atoms with van der Waals surface area (Å²) in [4.78, 5) is 26.8. The van der Waals surface area contributed by atoms with Crippen molar-refractivity contribution in [3.05, 3.63) is 80.6 Å². The summed E-state index contributed by atoms with van der Waals surface area (Å²) in [6, 6.07) is 16.5. The number of hydrogen-bond donors (Lipinski definition) is 2. The van der Waals surface area contributed by atoms with Gasteiger partial charge in [0.1, 0.15) is 0 Å². The van der Waals surface area contributed by atoms with E-state index in [0.29, 0.717) is 24.0 Å². The van der Waals surface area contributed by atoms with Crippen molar-refractivity contribution >= 4 is 32.7 Å². The van der Waals surface area contributed by atoms with Gasteiger partial charge in [-0.2, -0.15) is 0 Å². The third-order valence-corrected chi connectivity index (χ3v) is 4.41. The molecule has 0 fully saturated rings. The van der Waals surface area contributed by atoms with Crippen LogP contribution in [0.5, 0.6) is 0 Å². The van der Waals surface area contributed by atoms with Gasteiger partial charge in [0, 0.05) is 28.0 Å². The quantitative estimate of drug-likeness (QED) is 0.740. The second kappa shape index (κ2) is 6.79. The molecule has 0 aliphatic carbocycles. The van der Waals surface area contributed by atoms with Crippen LogP contribution in [-0.4, -0.2) is 17.4 Å². The molecule has 3 aromatic rings. The molecular weight excluding hydrogens is 356 g/mol. The van der Waals surface area contributed by atoms with Crippen LogP contribution in [0, 0.1) is 0 Å². The van der Waals surface area contributed by atoms with Crippen LogP contribution in [-0.2, 0) is 6.42 Å². The smallest absolute Gasteiger partial charge is 0.252 e. The molecule has 0 spiro atoms. The van der Waals surface area contributed by atoms with Gasteiger partial charge < -0.3 is 10.3 Å². The second-order valence-corrected chi connectivity index (χ2v) is 6.04. The van der Waals surface area contributed by atoms with Crippen LogP contribution < -0.4 is 10.9 Å². The number of nitrogens with one attached hydrogen (secondary N) is 2. The molecule has 2 aromatic carbocycles. The van der Waals surface area contributed by atoms with Crippen LogP contribution in [0.2, 0.25) is 0 Å². The van der Waals surface area contributed by atoms with Gasteiger partial charge >= 0.3 is 0 Å². The first-order valence-electron chi connectivity index (χ1n) is 7.29. The first-order valence-corrected chi connectivity index (χ1v) is 8.08. The number of H-pyrrole nitrogens is 1. The van der Waals surface area contributed by atoms with E-state index in [0.717, 1.165) is 15.4 Å². The molecule has 0 atom stereocenters. The Kier molecular flexibility index (Phi) is 4.57. The van der Waals surface area contributed by atoms with E-state index in [4.69, 9.17) is 0 Å². The normalized spacial score (nSPS) is 10.7. The van der Waals surface area contributed by atoms with Crippen molar-refractivity contribution in [1.82, 2.24) is 10.3 Å². The SMILES string of the molecule is O=C(NCCc1ccccc1Br)c1cc(=O)[nH]c2ccccc12. The molecule has 1 amide bonds. The average molecular weight is 371 g/mol. The topological polar surface area (TPSA) is 62.0 Å². The zero-order valence-corrected chi connectivity index (χ0v) is 13.9. The van der Waals surface area contributed by atoms with Crippen molar-refractivity contribution in [2.75, 3.05) is 6.54 Å². The van der Waals surface area contributed by atoms with E-state index >= 15 is 0 Å². The van der Waals surface area contributed by atoms with Crippen LogP contribution in [0.4, 0.5) is 0 Å². The highest BCUT2D eigenvalue weighted by atomic mass is 79.9. The van der Waals surface area contributed by atoms with Gasteiger partial charge in [-0.3, -0.25) is 9.59 Å². The van der Waals surface area contributed by atoms with Crippen LogP contribution in [0.1, 0.15) is 15.9 Å². The number of amides is 1. The lowest BCUT2D eigenvalue weighted by Crippen LogP contribution is -2.27. The van der Waals surface area contributed by atoms with Crippen LogP contribution >= 0.6 is 15.9 Å². The van der Waals surface area contributed by atoms with Crippen molar-refractivity contribution in [3.8, 4) is 0 Å². The minimum atomic E-state index is -0.278. The van der Waals surface area contributed by atoms with E-state index in [9.17, 15) is 9.59 Å². The molecule has 2 N–H and O–H groups in total. The van der Waals surface area contributed by atoms with Gasteiger partial charge in [-0.15, -0.1) is 0 Å². The maximum absolute atomic E-state index is 12.4. The highest BCUT2D eigenvalue weighted by molar-refractivity contribution is 9.10. The summed E-state index contributed by atoms with van der Waals surface area (Å²) in [6.45, 7) is 0.503. The Labute approximate surface area is 141 Å². The van der Waals surface area contributed by atoms with E-state index in [1.807, 2.05) is 42.5 Å². The fraction of sp³-hybridized carbons (Fsp3) is 0.111. The maximum atomic E-state index is 12.4. The lowest BCUT2D eigenvalue weighted by molar-refractivity contribution is 0.0955. The number of fused-ring (bicyclic) bond motifs is 1. The highest BCUT2D eigenvalue weighted by Crippen LogP contribution is 2.16. The molecule has 0 aliphatic rings. The number of pyridine rings is 1. The molecule has 0 aliphatic heterocycles. The Balaban J connectivity index is 1.76. The molecule has 0 bridgehead atoms. The van der Waals surface area contributed by atoms with Gasteiger partial charge in [0.25, 0.3) is 5.91 Å². The van der Waals surface area contributed by atoms with E-state index < -0.39 is 0 Å². The summed E-state index contributed by atoms with van der Waals surface area (Å²) in [6.07, 6.45) is 0.717. The summed E-state index contributed by atoms with van der Waals surface area (Å²) in [5.41, 5.74) is 1.91. The standard InChI is InChI=1S/C18H15BrN2O2/c19-15-7-3-1-5-12(15)9-10-20-18(23)14-11-17(22)21-16-8-4-2-6-13(14)16/h1-8,11H,9-10H2,(H,20,23)(H,21,22). The summed E-state index contributed by atoms with van der Waals surface area (Å²) in [5, 5.41) is 3.62. The Morgan fingerprint density at radius 2 is 1.83 bits per heavy atom. The largest absolute Gasteiger partial charge is 0.352 e. The molecule has 0 unspecified atom stereocenters. The third-order valence-electron chi connectivity index (χ3n) is 3.63. The molecule has 116 valence electrons. The zero-order chi connectivity index (χ0) is 16.2. The molecule has 0 saturated heterocycles. The van der Waals surface area contributed by atoms with E-state index in [1.165, 1.54) is 6.07 Å². The first-order chi connectivity index (χ1) is 11.1. The minimum absolute atomic E-state index is 0.237. The van der Waals surface area contributed by atoms with Crippen LogP contribution in [0.15, 0.2) is 63.9 Å². The van der Waals surface area contributed by atoms with Gasteiger partial charge in [0.15, 0.2) is 0 Å². The first kappa shape index (κ1) is 15.5. The molecule has 1 aromatic heterocycles. The predicted octanol–water partition coefficient (Wildman–Crippen LogP) is 3.26. The Hall–Kier alpha value is -2.40. The second-order valence-electron chi connectivity index (χ2n) is 5.19. The number of rotatable bonds is 4.